The first kappa shape index (κ1) is 25.9. The fourth-order valence-electron chi connectivity index (χ4n) is 3.35. The molecule has 1 aromatic heterocycles. The van der Waals surface area contributed by atoms with E-state index in [1.807, 2.05) is 43.9 Å². The number of esters is 1. The van der Waals surface area contributed by atoms with E-state index in [0.717, 1.165) is 5.56 Å². The number of hydrogen-bond donors (Lipinski definition) is 0. The van der Waals surface area contributed by atoms with E-state index in [2.05, 4.69) is 9.72 Å². The van der Waals surface area contributed by atoms with Gasteiger partial charge in [0.25, 0.3) is 0 Å². The highest BCUT2D eigenvalue weighted by molar-refractivity contribution is 5.91. The molecule has 6 nitrogen and oxygen atoms in total. The average Bonchev–Trinajstić information content (AvgIpc) is 2.78. The summed E-state index contributed by atoms with van der Waals surface area (Å²) < 4.78 is 41.8. The third kappa shape index (κ3) is 7.67. The molecule has 3 rings (SSSR count). The highest BCUT2D eigenvalue weighted by atomic mass is 19.3. The molecule has 1 heterocycles. The number of carbonyl (C=O) groups excluding carboxylic acids is 1. The Morgan fingerprint density at radius 3 is 2.34 bits per heavy atom. The smallest absolute Gasteiger partial charge is 0.387 e. The maximum Gasteiger partial charge on any atom is 0.387 e. The standard InChI is InChI=1S/C27H30F2N2O4/c1-18(2)33-24-15-22(11-12-23(24)34-26(28)29)31(17-19-8-7-13-30-16-19)21-10-6-9-20(14-21)25(32)35-27(3,4)5/h6-16,18,26H,17H2,1-5H3. The number of nitrogens with zero attached hydrogens (tertiary/aromatic N) is 2. The highest BCUT2D eigenvalue weighted by Gasteiger charge is 2.21. The molecule has 0 N–H and O–H groups in total. The van der Waals surface area contributed by atoms with Gasteiger partial charge in [0.2, 0.25) is 0 Å². The lowest BCUT2D eigenvalue weighted by Crippen LogP contribution is -2.24. The summed E-state index contributed by atoms with van der Waals surface area (Å²) in [6, 6.07) is 15.6. The van der Waals surface area contributed by atoms with Crippen LogP contribution in [0.25, 0.3) is 0 Å². The molecule has 0 radical (unpaired) electrons. The number of hydrogen-bond acceptors (Lipinski definition) is 6. The Kier molecular flexibility index (Phi) is 8.27. The summed E-state index contributed by atoms with van der Waals surface area (Å²) in [5.74, 6) is -0.302. The zero-order valence-electron chi connectivity index (χ0n) is 20.5. The lowest BCUT2D eigenvalue weighted by Gasteiger charge is -2.27. The molecule has 35 heavy (non-hydrogen) atoms. The molecule has 0 fully saturated rings. The van der Waals surface area contributed by atoms with E-state index in [1.54, 1.807) is 56.6 Å². The van der Waals surface area contributed by atoms with Crippen LogP contribution in [0, 0.1) is 0 Å². The number of benzene rings is 2. The molecule has 8 heteroatoms. The third-order valence-corrected chi connectivity index (χ3v) is 4.67. The van der Waals surface area contributed by atoms with Gasteiger partial charge in [0, 0.05) is 36.4 Å². The van der Waals surface area contributed by atoms with Gasteiger partial charge < -0.3 is 19.1 Å². The summed E-state index contributed by atoms with van der Waals surface area (Å²) in [6.07, 6.45) is 3.17. The largest absolute Gasteiger partial charge is 0.487 e. The predicted octanol–water partition coefficient (Wildman–Crippen LogP) is 6.76. The van der Waals surface area contributed by atoms with Crippen molar-refractivity contribution in [3.63, 3.8) is 0 Å². The van der Waals surface area contributed by atoms with Gasteiger partial charge in [0.05, 0.1) is 11.7 Å². The summed E-state index contributed by atoms with van der Waals surface area (Å²) in [7, 11) is 0. The van der Waals surface area contributed by atoms with Gasteiger partial charge >= 0.3 is 12.6 Å². The van der Waals surface area contributed by atoms with Crippen molar-refractivity contribution in [2.45, 2.75) is 59.5 Å². The molecular weight excluding hydrogens is 454 g/mol. The average molecular weight is 485 g/mol. The summed E-state index contributed by atoms with van der Waals surface area (Å²) >= 11 is 0. The zero-order chi connectivity index (χ0) is 25.6. The molecule has 3 aromatic rings. The van der Waals surface area contributed by atoms with Crippen LogP contribution in [0.5, 0.6) is 11.5 Å². The van der Waals surface area contributed by atoms with Gasteiger partial charge in [-0.15, -0.1) is 0 Å². The minimum Gasteiger partial charge on any atom is -0.487 e. The summed E-state index contributed by atoms with van der Waals surface area (Å²) in [4.78, 5) is 18.8. The van der Waals surface area contributed by atoms with E-state index >= 15 is 0 Å². The SMILES string of the molecule is CC(C)Oc1cc(N(Cc2cccnc2)c2cccc(C(=O)OC(C)(C)C)c2)ccc1OC(F)F. The second-order valence-electron chi connectivity index (χ2n) is 9.18. The van der Waals surface area contributed by atoms with Crippen LogP contribution >= 0.6 is 0 Å². The fraction of sp³-hybridized carbons (Fsp3) is 0.333. The number of carbonyl (C=O) groups is 1. The number of aromatic nitrogens is 1. The molecular formula is C27H30F2N2O4. The van der Waals surface area contributed by atoms with Gasteiger partial charge in [-0.2, -0.15) is 8.78 Å². The van der Waals surface area contributed by atoms with Crippen LogP contribution in [0.1, 0.15) is 50.5 Å². The first-order chi connectivity index (χ1) is 16.5. The van der Waals surface area contributed by atoms with E-state index in [9.17, 15) is 13.6 Å². The summed E-state index contributed by atoms with van der Waals surface area (Å²) in [6.45, 7) is 6.45. The predicted molar refractivity (Wildman–Crippen MR) is 131 cm³/mol. The molecule has 0 aliphatic heterocycles. The lowest BCUT2D eigenvalue weighted by atomic mass is 10.1. The van der Waals surface area contributed by atoms with Gasteiger partial charge in [-0.05, 0) is 76.6 Å². The minimum atomic E-state index is -2.98. The van der Waals surface area contributed by atoms with Crippen LogP contribution in [0.15, 0.2) is 67.0 Å². The van der Waals surface area contributed by atoms with E-state index in [1.165, 1.54) is 6.07 Å². The van der Waals surface area contributed by atoms with Gasteiger partial charge in [0.15, 0.2) is 11.5 Å². The van der Waals surface area contributed by atoms with Gasteiger partial charge in [-0.1, -0.05) is 12.1 Å². The minimum absolute atomic E-state index is 0.0544. The van der Waals surface area contributed by atoms with Crippen LogP contribution in [-0.4, -0.2) is 29.3 Å². The van der Waals surface area contributed by atoms with Crippen molar-refractivity contribution in [2.24, 2.45) is 0 Å². The number of alkyl halides is 2. The number of ether oxygens (including phenoxy) is 3. The molecule has 0 atom stereocenters. The van der Waals surface area contributed by atoms with Crippen molar-refractivity contribution in [3.8, 4) is 11.5 Å². The second-order valence-corrected chi connectivity index (χ2v) is 9.18. The molecule has 0 spiro atoms. The Morgan fingerprint density at radius 1 is 0.971 bits per heavy atom. The molecule has 0 bridgehead atoms. The lowest BCUT2D eigenvalue weighted by molar-refractivity contribution is -0.0518. The summed E-state index contributed by atoms with van der Waals surface area (Å²) in [5, 5.41) is 0. The van der Waals surface area contributed by atoms with Crippen molar-refractivity contribution in [1.29, 1.82) is 0 Å². The molecule has 2 aromatic carbocycles. The fourth-order valence-corrected chi connectivity index (χ4v) is 3.35. The molecule has 0 saturated carbocycles. The van der Waals surface area contributed by atoms with Crippen LogP contribution in [0.3, 0.4) is 0 Å². The molecule has 0 unspecified atom stereocenters. The normalized spacial score (nSPS) is 11.5. The Hall–Kier alpha value is -3.68. The van der Waals surface area contributed by atoms with Crippen LogP contribution < -0.4 is 14.4 Å². The molecule has 0 aliphatic carbocycles. The van der Waals surface area contributed by atoms with Crippen molar-refractivity contribution in [1.82, 2.24) is 4.98 Å². The topological polar surface area (TPSA) is 60.9 Å². The van der Waals surface area contributed by atoms with Gasteiger partial charge in [-0.3, -0.25) is 4.98 Å². The molecule has 186 valence electrons. The van der Waals surface area contributed by atoms with Crippen LogP contribution in [0.2, 0.25) is 0 Å². The Morgan fingerprint density at radius 2 is 1.71 bits per heavy atom. The van der Waals surface area contributed by atoms with Crippen molar-refractivity contribution in [2.75, 3.05) is 4.90 Å². The number of halogens is 2. The monoisotopic (exact) mass is 484 g/mol. The summed E-state index contributed by atoms with van der Waals surface area (Å²) in [5.41, 5.74) is 2.04. The van der Waals surface area contributed by atoms with E-state index in [4.69, 9.17) is 9.47 Å². The first-order valence-corrected chi connectivity index (χ1v) is 11.3. The third-order valence-electron chi connectivity index (χ3n) is 4.67. The number of pyridine rings is 1. The Bertz CT molecular complexity index is 1130. The van der Waals surface area contributed by atoms with Crippen molar-refractivity contribution < 1.29 is 27.8 Å². The zero-order valence-corrected chi connectivity index (χ0v) is 20.5. The van der Waals surface area contributed by atoms with Gasteiger partial charge in [0.1, 0.15) is 5.60 Å². The van der Waals surface area contributed by atoms with Crippen molar-refractivity contribution in [3.05, 3.63) is 78.1 Å². The van der Waals surface area contributed by atoms with Gasteiger partial charge in [-0.25, -0.2) is 4.79 Å². The maximum absolute atomic E-state index is 12.9. The quantitative estimate of drug-likeness (QED) is 0.313. The first-order valence-electron chi connectivity index (χ1n) is 11.3. The molecule has 0 aliphatic rings. The number of rotatable bonds is 9. The second kappa shape index (κ2) is 11.2. The Labute approximate surface area is 204 Å². The van der Waals surface area contributed by atoms with Crippen LogP contribution in [0.4, 0.5) is 20.2 Å². The van der Waals surface area contributed by atoms with E-state index < -0.39 is 18.2 Å². The van der Waals surface area contributed by atoms with Crippen molar-refractivity contribution >= 4 is 17.3 Å². The molecule has 0 amide bonds. The Balaban J connectivity index is 2.06. The maximum atomic E-state index is 12.9. The highest BCUT2D eigenvalue weighted by Crippen LogP contribution is 2.37. The molecule has 0 saturated heterocycles. The number of anilines is 2. The van der Waals surface area contributed by atoms with Crippen LogP contribution in [-0.2, 0) is 11.3 Å². The van der Waals surface area contributed by atoms with E-state index in [-0.39, 0.29) is 17.6 Å². The van der Waals surface area contributed by atoms with E-state index in [0.29, 0.717) is 23.5 Å².